The molecule has 0 aliphatic carbocycles. The van der Waals surface area contributed by atoms with Crippen LogP contribution in [0.5, 0.6) is 0 Å². The molecule has 1 aromatic rings. The maximum atomic E-state index is 5.23. The first-order valence-corrected chi connectivity index (χ1v) is 7.84. The molecular formula is C16H30N4O. The molecule has 0 aliphatic rings. The van der Waals surface area contributed by atoms with E-state index in [4.69, 9.17) is 9.72 Å². The first-order chi connectivity index (χ1) is 9.97. The fourth-order valence-electron chi connectivity index (χ4n) is 2.09. The minimum atomic E-state index is 0.311. The minimum absolute atomic E-state index is 0.311. The second-order valence-corrected chi connectivity index (χ2v) is 5.99. The first-order valence-electron chi connectivity index (χ1n) is 7.84. The zero-order chi connectivity index (χ0) is 15.8. The standard InChI is InChI=1S/C16H30N4O/c1-7-17-14-10-15(19-16(18-14)13(4)5)20(8-9-21-6)11-12(2)3/h10,12-13H,7-9,11H2,1-6H3,(H,17,18,19). The molecule has 0 fully saturated rings. The highest BCUT2D eigenvalue weighted by Crippen LogP contribution is 2.21. The Bertz CT molecular complexity index is 421. The smallest absolute Gasteiger partial charge is 0.135 e. The summed E-state index contributed by atoms with van der Waals surface area (Å²) in [6, 6.07) is 2.04. The van der Waals surface area contributed by atoms with Gasteiger partial charge in [0.25, 0.3) is 0 Å². The van der Waals surface area contributed by atoms with Crippen LogP contribution in [0.3, 0.4) is 0 Å². The number of ether oxygens (including phenoxy) is 1. The second-order valence-electron chi connectivity index (χ2n) is 5.99. The summed E-state index contributed by atoms with van der Waals surface area (Å²) in [5, 5.41) is 3.30. The minimum Gasteiger partial charge on any atom is -0.383 e. The van der Waals surface area contributed by atoms with Gasteiger partial charge in [0.15, 0.2) is 0 Å². The molecule has 21 heavy (non-hydrogen) atoms. The van der Waals surface area contributed by atoms with Gasteiger partial charge in [-0.05, 0) is 12.8 Å². The Morgan fingerprint density at radius 3 is 2.48 bits per heavy atom. The van der Waals surface area contributed by atoms with Crippen molar-refractivity contribution in [2.75, 3.05) is 43.6 Å². The number of anilines is 2. The Morgan fingerprint density at radius 1 is 1.24 bits per heavy atom. The lowest BCUT2D eigenvalue weighted by Gasteiger charge is -2.26. The van der Waals surface area contributed by atoms with Gasteiger partial charge >= 0.3 is 0 Å². The van der Waals surface area contributed by atoms with Gasteiger partial charge in [0, 0.05) is 38.7 Å². The predicted octanol–water partition coefficient (Wildman–Crippen LogP) is 3.14. The van der Waals surface area contributed by atoms with Crippen molar-refractivity contribution in [3.05, 3.63) is 11.9 Å². The Balaban J connectivity index is 3.08. The lowest BCUT2D eigenvalue weighted by atomic mass is 10.2. The zero-order valence-corrected chi connectivity index (χ0v) is 14.3. The fourth-order valence-corrected chi connectivity index (χ4v) is 2.09. The predicted molar refractivity (Wildman–Crippen MR) is 89.2 cm³/mol. The van der Waals surface area contributed by atoms with E-state index in [2.05, 4.69) is 49.8 Å². The van der Waals surface area contributed by atoms with Gasteiger partial charge in [-0.15, -0.1) is 0 Å². The summed E-state index contributed by atoms with van der Waals surface area (Å²) in [4.78, 5) is 11.6. The number of hydrogen-bond acceptors (Lipinski definition) is 5. The Hall–Kier alpha value is -1.36. The number of hydrogen-bond donors (Lipinski definition) is 1. The van der Waals surface area contributed by atoms with E-state index < -0.39 is 0 Å². The molecule has 0 bridgehead atoms. The summed E-state index contributed by atoms with van der Waals surface area (Å²) in [6.07, 6.45) is 0. The van der Waals surface area contributed by atoms with Crippen LogP contribution >= 0.6 is 0 Å². The van der Waals surface area contributed by atoms with Crippen LogP contribution in [-0.4, -0.2) is 43.3 Å². The molecule has 120 valence electrons. The van der Waals surface area contributed by atoms with Crippen molar-refractivity contribution in [3.63, 3.8) is 0 Å². The van der Waals surface area contributed by atoms with Crippen molar-refractivity contribution in [2.45, 2.75) is 40.5 Å². The highest BCUT2D eigenvalue weighted by atomic mass is 16.5. The number of rotatable bonds is 9. The summed E-state index contributed by atoms with van der Waals surface area (Å²) in [7, 11) is 1.73. The summed E-state index contributed by atoms with van der Waals surface area (Å²) in [5.41, 5.74) is 0. The Labute approximate surface area is 129 Å². The average Bonchev–Trinajstić information content (AvgIpc) is 2.43. The number of nitrogens with zero attached hydrogens (tertiary/aromatic N) is 3. The van der Waals surface area contributed by atoms with Gasteiger partial charge in [-0.2, -0.15) is 0 Å². The van der Waals surface area contributed by atoms with Crippen LogP contribution in [0.2, 0.25) is 0 Å². The summed E-state index contributed by atoms with van der Waals surface area (Å²) < 4.78 is 5.23. The Morgan fingerprint density at radius 2 is 1.95 bits per heavy atom. The van der Waals surface area contributed by atoms with E-state index in [1.165, 1.54) is 0 Å². The van der Waals surface area contributed by atoms with E-state index in [1.807, 2.05) is 6.07 Å². The van der Waals surface area contributed by atoms with E-state index in [0.717, 1.165) is 37.1 Å². The largest absolute Gasteiger partial charge is 0.383 e. The van der Waals surface area contributed by atoms with E-state index in [-0.39, 0.29) is 0 Å². The third kappa shape index (κ3) is 5.87. The van der Waals surface area contributed by atoms with Gasteiger partial charge in [0.1, 0.15) is 17.5 Å². The number of methoxy groups -OCH3 is 1. The van der Waals surface area contributed by atoms with E-state index in [1.54, 1.807) is 7.11 Å². The van der Waals surface area contributed by atoms with Crippen molar-refractivity contribution >= 4 is 11.6 Å². The van der Waals surface area contributed by atoms with Crippen LogP contribution in [0.25, 0.3) is 0 Å². The van der Waals surface area contributed by atoms with E-state index in [0.29, 0.717) is 18.4 Å². The van der Waals surface area contributed by atoms with Gasteiger partial charge in [-0.1, -0.05) is 27.7 Å². The van der Waals surface area contributed by atoms with Crippen molar-refractivity contribution in [2.24, 2.45) is 5.92 Å². The first kappa shape index (κ1) is 17.7. The summed E-state index contributed by atoms with van der Waals surface area (Å²) >= 11 is 0. The fraction of sp³-hybridized carbons (Fsp3) is 0.750. The molecule has 1 N–H and O–H groups in total. The van der Waals surface area contributed by atoms with Crippen molar-refractivity contribution in [1.82, 2.24) is 9.97 Å². The van der Waals surface area contributed by atoms with Crippen molar-refractivity contribution in [1.29, 1.82) is 0 Å². The highest BCUT2D eigenvalue weighted by molar-refractivity contribution is 5.49. The van der Waals surface area contributed by atoms with Crippen LogP contribution in [0, 0.1) is 5.92 Å². The normalized spacial score (nSPS) is 11.2. The van der Waals surface area contributed by atoms with Crippen LogP contribution in [0.1, 0.15) is 46.4 Å². The lowest BCUT2D eigenvalue weighted by molar-refractivity contribution is 0.204. The molecule has 0 aromatic carbocycles. The van der Waals surface area contributed by atoms with Crippen LogP contribution in [0.4, 0.5) is 11.6 Å². The molecule has 0 spiro atoms. The number of aromatic nitrogens is 2. The topological polar surface area (TPSA) is 50.3 Å². The molecule has 0 radical (unpaired) electrons. The third-order valence-corrected chi connectivity index (χ3v) is 3.08. The quantitative estimate of drug-likeness (QED) is 0.758. The summed E-state index contributed by atoms with van der Waals surface area (Å²) in [5.74, 6) is 3.65. The maximum absolute atomic E-state index is 5.23. The molecule has 0 saturated heterocycles. The molecule has 0 saturated carbocycles. The molecular weight excluding hydrogens is 264 g/mol. The van der Waals surface area contributed by atoms with Crippen LogP contribution in [-0.2, 0) is 4.74 Å². The Kier molecular flexibility index (Phi) is 7.43. The molecule has 0 aliphatic heterocycles. The van der Waals surface area contributed by atoms with Gasteiger partial charge in [0.05, 0.1) is 6.61 Å². The molecule has 1 aromatic heterocycles. The van der Waals surface area contributed by atoms with Crippen LogP contribution in [0.15, 0.2) is 6.07 Å². The monoisotopic (exact) mass is 294 g/mol. The van der Waals surface area contributed by atoms with Crippen molar-refractivity contribution in [3.8, 4) is 0 Å². The second kappa shape index (κ2) is 8.82. The van der Waals surface area contributed by atoms with Crippen LogP contribution < -0.4 is 10.2 Å². The maximum Gasteiger partial charge on any atom is 0.135 e. The van der Waals surface area contributed by atoms with Gasteiger partial charge in [-0.25, -0.2) is 9.97 Å². The summed E-state index contributed by atoms with van der Waals surface area (Å²) in [6.45, 7) is 14.1. The zero-order valence-electron chi connectivity index (χ0n) is 14.3. The SMILES string of the molecule is CCNc1cc(N(CCOC)CC(C)C)nc(C(C)C)n1. The van der Waals surface area contributed by atoms with E-state index >= 15 is 0 Å². The molecule has 1 heterocycles. The average molecular weight is 294 g/mol. The van der Waals surface area contributed by atoms with Crippen molar-refractivity contribution < 1.29 is 4.74 Å². The van der Waals surface area contributed by atoms with Gasteiger partial charge in [0.2, 0.25) is 0 Å². The lowest BCUT2D eigenvalue weighted by Crippen LogP contribution is -2.32. The number of nitrogens with one attached hydrogen (secondary N) is 1. The van der Waals surface area contributed by atoms with E-state index in [9.17, 15) is 0 Å². The molecule has 1 rings (SSSR count). The molecule has 0 atom stereocenters. The third-order valence-electron chi connectivity index (χ3n) is 3.08. The highest BCUT2D eigenvalue weighted by Gasteiger charge is 2.14. The molecule has 0 amide bonds. The molecule has 5 heteroatoms. The van der Waals surface area contributed by atoms with Gasteiger partial charge in [-0.3, -0.25) is 0 Å². The molecule has 0 unspecified atom stereocenters. The van der Waals surface area contributed by atoms with Gasteiger partial charge < -0.3 is 15.0 Å². The molecule has 5 nitrogen and oxygen atoms in total.